The Morgan fingerprint density at radius 3 is 2.28 bits per heavy atom. The Labute approximate surface area is 462 Å². The molecule has 1 saturated heterocycles. The first kappa shape index (κ1) is 58.8. The average molecular weight is 1090 g/mol. The zero-order chi connectivity index (χ0) is 56.6. The van der Waals surface area contributed by atoms with Gasteiger partial charge in [-0.2, -0.15) is 0 Å². The first-order valence-electron chi connectivity index (χ1n) is 27.2. The number of nitrogens with two attached hydrogens (primary N) is 1. The van der Waals surface area contributed by atoms with E-state index in [1.165, 1.54) is 9.80 Å². The van der Waals surface area contributed by atoms with Crippen LogP contribution in [0.5, 0.6) is 5.75 Å². The second kappa shape index (κ2) is 25.3. The number of hydrogen-bond donors (Lipinski definition) is 6. The van der Waals surface area contributed by atoms with E-state index in [-0.39, 0.29) is 63.1 Å². The Morgan fingerprint density at radius 2 is 1.60 bits per heavy atom. The molecular weight excluding hydrogens is 1010 g/mol. The third-order valence-corrected chi connectivity index (χ3v) is 15.5. The lowest BCUT2D eigenvalue weighted by atomic mass is 9.85. The molecule has 0 unspecified atom stereocenters. The molecule has 4 heterocycles. The molecule has 420 valence electrons. The lowest BCUT2D eigenvalue weighted by Crippen LogP contribution is -2.57. The molecule has 0 spiro atoms. The van der Waals surface area contributed by atoms with Crippen molar-refractivity contribution in [3.8, 4) is 16.2 Å². The predicted octanol–water partition coefficient (Wildman–Crippen LogP) is 6.83. The van der Waals surface area contributed by atoms with E-state index < -0.39 is 77.1 Å². The summed E-state index contributed by atoms with van der Waals surface area (Å²) < 4.78 is 11.8. The molecule has 7 atom stereocenters. The molecule has 0 bridgehead atoms. The highest BCUT2D eigenvalue weighted by Gasteiger charge is 2.46. The van der Waals surface area contributed by atoms with E-state index in [0.717, 1.165) is 56.8 Å². The number of likely N-dealkylation sites (tertiary alicyclic amines) is 1. The number of aryl methyl sites for hydroxylation is 4. The number of unbranched alkanes of at least 4 members (excludes halogenated alkanes) is 2. The zero-order valence-corrected chi connectivity index (χ0v) is 47.3. The maximum Gasteiger partial charge on any atom is 0.408 e. The van der Waals surface area contributed by atoms with Gasteiger partial charge in [0.2, 0.25) is 35.4 Å². The minimum Gasteiger partial charge on any atom is -0.491 e. The van der Waals surface area contributed by atoms with Crippen molar-refractivity contribution >= 4 is 58.6 Å². The van der Waals surface area contributed by atoms with E-state index in [4.69, 9.17) is 15.2 Å². The Kier molecular flexibility index (Phi) is 19.1. The van der Waals surface area contributed by atoms with Crippen LogP contribution in [0.4, 0.5) is 10.5 Å². The minimum atomic E-state index is -0.936. The van der Waals surface area contributed by atoms with Crippen LogP contribution in [-0.2, 0) is 52.8 Å². The Bertz CT molecular complexity index is 2840. The van der Waals surface area contributed by atoms with Crippen LogP contribution >= 0.6 is 11.3 Å². The number of alkyl carbamates (subject to hydrolysis) is 1. The minimum absolute atomic E-state index is 0.00844. The van der Waals surface area contributed by atoms with Gasteiger partial charge < -0.3 is 46.5 Å². The summed E-state index contributed by atoms with van der Waals surface area (Å²) in [5.41, 5.74) is 13.2. The van der Waals surface area contributed by atoms with Gasteiger partial charge in [0.1, 0.15) is 42.1 Å². The largest absolute Gasteiger partial charge is 0.491 e. The molecule has 78 heavy (non-hydrogen) atoms. The molecule has 3 aromatic carbocycles. The van der Waals surface area contributed by atoms with Gasteiger partial charge in [-0.3, -0.25) is 33.7 Å². The summed E-state index contributed by atoms with van der Waals surface area (Å²) in [7, 11) is 0. The molecule has 4 aromatic rings. The van der Waals surface area contributed by atoms with Gasteiger partial charge in [0.15, 0.2) is 0 Å². The van der Waals surface area contributed by atoms with E-state index in [0.29, 0.717) is 37.1 Å². The van der Waals surface area contributed by atoms with Crippen LogP contribution in [0.25, 0.3) is 10.4 Å². The maximum absolute atomic E-state index is 14.3. The number of aromatic nitrogens is 1. The topological polar surface area (TPSA) is 252 Å². The number of nitrogens with one attached hydrogen (secondary N) is 4. The number of aliphatic hydroxyl groups excluding tert-OH is 1. The molecule has 0 aliphatic carbocycles. The van der Waals surface area contributed by atoms with Gasteiger partial charge in [0, 0.05) is 32.2 Å². The number of thiazole rings is 1. The van der Waals surface area contributed by atoms with E-state index in [1.807, 2.05) is 102 Å². The van der Waals surface area contributed by atoms with Gasteiger partial charge in [-0.1, -0.05) is 75.7 Å². The van der Waals surface area contributed by atoms with E-state index >= 15 is 0 Å². The fourth-order valence-electron chi connectivity index (χ4n) is 10.5. The van der Waals surface area contributed by atoms with Crippen LogP contribution in [-0.4, -0.2) is 112 Å². The fraction of sp³-hybridized carbons (Fsp3) is 0.525. The van der Waals surface area contributed by atoms with Gasteiger partial charge in [-0.25, -0.2) is 9.78 Å². The number of carbonyl (C=O) groups is 7. The van der Waals surface area contributed by atoms with Crippen molar-refractivity contribution < 1.29 is 48.1 Å². The van der Waals surface area contributed by atoms with Gasteiger partial charge in [-0.05, 0) is 131 Å². The monoisotopic (exact) mass is 1090 g/mol. The Hall–Kier alpha value is -6.86. The number of nitrogens with zero attached hydrogens (tertiary/aromatic N) is 3. The van der Waals surface area contributed by atoms with Crippen molar-refractivity contribution in [1.82, 2.24) is 31.2 Å². The molecule has 0 radical (unpaired) electrons. The molecule has 0 saturated carbocycles. The quantitative estimate of drug-likeness (QED) is 0.0472. The number of primary amides is 1. The highest BCUT2D eigenvalue weighted by molar-refractivity contribution is 7.13. The number of carbonyl (C=O) groups excluding carboxylic acids is 7. The number of β-amino-alcohol motifs (C(OH)–C–C–N with tert-alkyl or cyclic N) is 1. The average Bonchev–Trinajstić information content (AvgIpc) is 4.24. The molecule has 7 amide bonds. The van der Waals surface area contributed by atoms with Crippen LogP contribution in [0.2, 0.25) is 0 Å². The number of ether oxygens (including phenoxy) is 2. The van der Waals surface area contributed by atoms with Crippen molar-refractivity contribution in [2.75, 3.05) is 18.1 Å². The van der Waals surface area contributed by atoms with E-state index in [9.17, 15) is 38.7 Å². The molecule has 1 aromatic heterocycles. The highest BCUT2D eigenvalue weighted by Crippen LogP contribution is 2.39. The third kappa shape index (κ3) is 15.2. The van der Waals surface area contributed by atoms with Gasteiger partial charge in [0.05, 0.1) is 40.0 Å². The lowest BCUT2D eigenvalue weighted by molar-refractivity contribution is -0.144. The Balaban J connectivity index is 0.900. The van der Waals surface area contributed by atoms with Gasteiger partial charge in [0.25, 0.3) is 0 Å². The van der Waals surface area contributed by atoms with Crippen molar-refractivity contribution in [1.29, 1.82) is 0 Å². The second-order valence-corrected chi connectivity index (χ2v) is 24.1. The number of para-hydroxylation sites is 1. The third-order valence-electron chi connectivity index (χ3n) is 14.5. The number of amides is 7. The summed E-state index contributed by atoms with van der Waals surface area (Å²) in [5.74, 6) is -1.86. The molecule has 7 rings (SSSR count). The smallest absolute Gasteiger partial charge is 0.408 e. The van der Waals surface area contributed by atoms with Crippen molar-refractivity contribution in [2.24, 2.45) is 11.1 Å². The summed E-state index contributed by atoms with van der Waals surface area (Å²) in [6.07, 6.45) is 2.72. The van der Waals surface area contributed by atoms with Crippen LogP contribution in [0, 0.1) is 19.3 Å². The van der Waals surface area contributed by atoms with Crippen molar-refractivity contribution in [3.63, 3.8) is 0 Å². The lowest BCUT2D eigenvalue weighted by Gasteiger charge is -2.35. The SMILES string of the molecule is Cc1cc(CCCCCC(=O)N[C@H](C(=O)N2C[C@H](O)C[C@H]2C(=O)N[C@@H](C)c2ccc(-c3scnc3C)cc2)C(C)(C)C)cc(OC[C@H](CCC(N)=O)NC(=O)[C@@H]2Cc3cccc4c3N2C(=O)[C@@H](NC(=O)OC(C)(C)C)CC4)c1. The number of benzene rings is 3. The predicted molar refractivity (Wildman–Crippen MR) is 298 cm³/mol. The first-order chi connectivity index (χ1) is 36.8. The molecular formula is C59H78N8O10S. The molecule has 3 aliphatic rings. The Morgan fingerprint density at radius 1 is 0.885 bits per heavy atom. The highest BCUT2D eigenvalue weighted by atomic mass is 32.1. The summed E-state index contributed by atoms with van der Waals surface area (Å²) in [4.78, 5) is 103. The summed E-state index contributed by atoms with van der Waals surface area (Å²) in [5, 5.41) is 22.5. The normalized spacial score (nSPS) is 19.2. The van der Waals surface area contributed by atoms with Gasteiger partial charge in [-0.15, -0.1) is 11.3 Å². The van der Waals surface area contributed by atoms with Crippen molar-refractivity contribution in [3.05, 3.63) is 99.7 Å². The van der Waals surface area contributed by atoms with E-state index in [2.05, 4.69) is 32.3 Å². The molecule has 19 heteroatoms. The first-order valence-corrected chi connectivity index (χ1v) is 28.1. The molecule has 1 fully saturated rings. The second-order valence-electron chi connectivity index (χ2n) is 23.2. The van der Waals surface area contributed by atoms with E-state index in [1.54, 1.807) is 32.1 Å². The number of rotatable bonds is 21. The van der Waals surface area contributed by atoms with Crippen LogP contribution in [0.15, 0.2) is 66.2 Å². The van der Waals surface area contributed by atoms with Crippen LogP contribution in [0.3, 0.4) is 0 Å². The zero-order valence-electron chi connectivity index (χ0n) is 46.5. The fourth-order valence-corrected chi connectivity index (χ4v) is 11.3. The summed E-state index contributed by atoms with van der Waals surface area (Å²) in [6, 6.07) is 14.9. The molecule has 7 N–H and O–H groups in total. The standard InChI is InChI=1S/C59H78N8O10S/c1-34-26-37(28-44(27-34)76-32-42(23-25-48(60)69)63-54(72)47-29-41-16-13-15-39-22-24-45(55(73)67(47)50(39)41)64-57(75)77-59(7,8)9)14-11-10-12-17-49(70)65-52(58(4,5)6)56(74)66-31-43(68)30-46(66)53(71)62-35(2)38-18-20-40(21-19-38)51-36(3)61-33-78-51/h13,15-16,18-21,26-28,33,35,42-43,45-47,52,68H,10-12,14,17,22-25,29-32H2,1-9H3,(H2,60,69)(H,62,71)(H,63,72)(H,64,75)(H,65,70)/t35-,42-,43+,45-,46-,47-,52+/m0/s1. The number of hydrogen-bond acceptors (Lipinski definition) is 12. The van der Waals surface area contributed by atoms with Crippen LogP contribution in [0.1, 0.15) is 139 Å². The summed E-state index contributed by atoms with van der Waals surface area (Å²) in [6.45, 7) is 16.6. The number of aliphatic hydroxyl groups is 1. The molecule has 3 aliphatic heterocycles. The maximum atomic E-state index is 14.3. The van der Waals surface area contributed by atoms with Crippen molar-refractivity contribution in [2.45, 2.75) is 181 Å². The molecule has 18 nitrogen and oxygen atoms in total. The van der Waals surface area contributed by atoms with Crippen LogP contribution < -0.4 is 36.6 Å². The number of anilines is 1. The van der Waals surface area contributed by atoms with Gasteiger partial charge >= 0.3 is 6.09 Å². The summed E-state index contributed by atoms with van der Waals surface area (Å²) >= 11 is 1.57.